The third-order valence-corrected chi connectivity index (χ3v) is 5.99. The standard InChI is InChI=1S/C23H33N7O2/c1-14(2)30-13-26-20-21(25-12-15-5-10-18(31-3)19(11-15)32-4)28-23(29-22(20)30)27-17-8-6-16(24)7-9-17/h5,10-11,13-14,16-17H,6-9,12,24H2,1-4H3,(H2,25,27,28,29). The predicted molar refractivity (Wildman–Crippen MR) is 126 cm³/mol. The molecule has 0 atom stereocenters. The number of nitrogens with one attached hydrogen (secondary N) is 2. The number of benzene rings is 1. The Labute approximate surface area is 188 Å². The molecule has 0 spiro atoms. The van der Waals surface area contributed by atoms with Crippen molar-refractivity contribution in [2.24, 2.45) is 5.73 Å². The summed E-state index contributed by atoms with van der Waals surface area (Å²) in [5.74, 6) is 2.73. The van der Waals surface area contributed by atoms with Crippen LogP contribution in [0.5, 0.6) is 11.5 Å². The number of ether oxygens (including phenoxy) is 2. The van der Waals surface area contributed by atoms with Crippen LogP contribution in [0.3, 0.4) is 0 Å². The Bertz CT molecular complexity index is 1060. The minimum atomic E-state index is 0.245. The zero-order valence-electron chi connectivity index (χ0n) is 19.3. The number of fused-ring (bicyclic) bond motifs is 1. The number of methoxy groups -OCH3 is 2. The second-order valence-electron chi connectivity index (χ2n) is 8.61. The van der Waals surface area contributed by atoms with Crippen LogP contribution in [-0.2, 0) is 6.54 Å². The molecule has 1 aromatic carbocycles. The van der Waals surface area contributed by atoms with Gasteiger partial charge in [0.15, 0.2) is 28.5 Å². The van der Waals surface area contributed by atoms with Gasteiger partial charge in [0.05, 0.1) is 20.5 Å². The molecule has 1 fully saturated rings. The maximum Gasteiger partial charge on any atom is 0.227 e. The highest BCUT2D eigenvalue weighted by molar-refractivity contribution is 5.84. The molecule has 1 aliphatic rings. The van der Waals surface area contributed by atoms with Crippen LogP contribution in [0.1, 0.15) is 51.1 Å². The lowest BCUT2D eigenvalue weighted by atomic mass is 9.92. The molecule has 9 nitrogen and oxygen atoms in total. The van der Waals surface area contributed by atoms with E-state index >= 15 is 0 Å². The molecule has 0 saturated heterocycles. The zero-order chi connectivity index (χ0) is 22.7. The maximum atomic E-state index is 6.06. The molecule has 9 heteroatoms. The number of rotatable bonds is 8. The average Bonchev–Trinajstić information content (AvgIpc) is 3.23. The summed E-state index contributed by atoms with van der Waals surface area (Å²) in [5.41, 5.74) is 8.69. The van der Waals surface area contributed by atoms with Gasteiger partial charge in [0.1, 0.15) is 0 Å². The molecule has 0 radical (unpaired) electrons. The smallest absolute Gasteiger partial charge is 0.227 e. The molecular formula is C23H33N7O2. The summed E-state index contributed by atoms with van der Waals surface area (Å²) in [7, 11) is 3.27. The fourth-order valence-electron chi connectivity index (χ4n) is 4.10. The van der Waals surface area contributed by atoms with E-state index < -0.39 is 0 Å². The molecule has 0 bridgehead atoms. The van der Waals surface area contributed by atoms with Gasteiger partial charge >= 0.3 is 0 Å². The van der Waals surface area contributed by atoms with E-state index in [2.05, 4.69) is 34.0 Å². The first-order valence-corrected chi connectivity index (χ1v) is 11.2. The number of nitrogens with zero attached hydrogens (tertiary/aromatic N) is 4. The van der Waals surface area contributed by atoms with E-state index in [1.54, 1.807) is 14.2 Å². The first kappa shape index (κ1) is 22.1. The van der Waals surface area contributed by atoms with Crippen molar-refractivity contribution in [2.75, 3.05) is 24.9 Å². The summed E-state index contributed by atoms with van der Waals surface area (Å²) >= 11 is 0. The number of nitrogens with two attached hydrogens (primary N) is 1. The quantitative estimate of drug-likeness (QED) is 0.487. The number of aromatic nitrogens is 4. The van der Waals surface area contributed by atoms with E-state index in [1.165, 1.54) is 0 Å². The Hall–Kier alpha value is -3.07. The lowest BCUT2D eigenvalue weighted by Gasteiger charge is -2.27. The van der Waals surface area contributed by atoms with Gasteiger partial charge in [-0.15, -0.1) is 0 Å². The summed E-state index contributed by atoms with van der Waals surface area (Å²) in [6, 6.07) is 6.75. The summed E-state index contributed by atoms with van der Waals surface area (Å²) in [4.78, 5) is 14.2. The third kappa shape index (κ3) is 4.72. The molecule has 172 valence electrons. The van der Waals surface area contributed by atoms with E-state index in [0.717, 1.165) is 42.4 Å². The largest absolute Gasteiger partial charge is 0.493 e. The molecule has 32 heavy (non-hydrogen) atoms. The van der Waals surface area contributed by atoms with Crippen molar-refractivity contribution in [3.05, 3.63) is 30.1 Å². The van der Waals surface area contributed by atoms with Crippen LogP contribution >= 0.6 is 0 Å². The van der Waals surface area contributed by atoms with Crippen LogP contribution in [0, 0.1) is 0 Å². The van der Waals surface area contributed by atoms with Crippen LogP contribution < -0.4 is 25.8 Å². The van der Waals surface area contributed by atoms with Gasteiger partial charge in [-0.1, -0.05) is 6.07 Å². The SMILES string of the molecule is COc1ccc(CNc2nc(NC3CCC(N)CC3)nc3c2ncn3C(C)C)cc1OC. The lowest BCUT2D eigenvalue weighted by molar-refractivity contribution is 0.354. The van der Waals surface area contributed by atoms with Gasteiger partial charge in [-0.3, -0.25) is 0 Å². The molecule has 2 heterocycles. The molecule has 0 aliphatic heterocycles. The Kier molecular flexibility index (Phi) is 6.64. The molecular weight excluding hydrogens is 406 g/mol. The van der Waals surface area contributed by atoms with Crippen molar-refractivity contribution >= 4 is 22.9 Å². The minimum absolute atomic E-state index is 0.245. The van der Waals surface area contributed by atoms with E-state index in [1.807, 2.05) is 24.5 Å². The number of anilines is 2. The highest BCUT2D eigenvalue weighted by Gasteiger charge is 2.21. The molecule has 2 aromatic heterocycles. The zero-order valence-corrected chi connectivity index (χ0v) is 19.3. The number of hydrogen-bond acceptors (Lipinski definition) is 8. The van der Waals surface area contributed by atoms with Crippen molar-refractivity contribution in [3.8, 4) is 11.5 Å². The Morgan fingerprint density at radius 2 is 1.84 bits per heavy atom. The molecule has 4 rings (SSSR count). The van der Waals surface area contributed by atoms with Crippen LogP contribution in [-0.4, -0.2) is 45.8 Å². The van der Waals surface area contributed by atoms with E-state index in [4.69, 9.17) is 25.2 Å². The third-order valence-electron chi connectivity index (χ3n) is 5.99. The topological polar surface area (TPSA) is 112 Å². The summed E-state index contributed by atoms with van der Waals surface area (Å²) in [6.45, 7) is 4.81. The van der Waals surface area contributed by atoms with Gasteiger partial charge < -0.3 is 30.4 Å². The van der Waals surface area contributed by atoms with E-state index in [9.17, 15) is 0 Å². The minimum Gasteiger partial charge on any atom is -0.493 e. The molecule has 3 aromatic rings. The summed E-state index contributed by atoms with van der Waals surface area (Å²) in [6.07, 6.45) is 5.93. The predicted octanol–water partition coefficient (Wildman–Crippen LogP) is 3.72. The Morgan fingerprint density at radius 3 is 2.53 bits per heavy atom. The lowest BCUT2D eigenvalue weighted by Crippen LogP contribution is -2.33. The van der Waals surface area contributed by atoms with Crippen molar-refractivity contribution in [1.82, 2.24) is 19.5 Å². The van der Waals surface area contributed by atoms with Gasteiger partial charge in [-0.25, -0.2) is 4.98 Å². The van der Waals surface area contributed by atoms with Gasteiger partial charge in [0.25, 0.3) is 0 Å². The highest BCUT2D eigenvalue weighted by atomic mass is 16.5. The van der Waals surface area contributed by atoms with Crippen molar-refractivity contribution in [1.29, 1.82) is 0 Å². The van der Waals surface area contributed by atoms with Crippen molar-refractivity contribution < 1.29 is 9.47 Å². The molecule has 1 saturated carbocycles. The van der Waals surface area contributed by atoms with Crippen LogP contribution in [0.2, 0.25) is 0 Å². The normalized spacial score (nSPS) is 18.7. The molecule has 0 unspecified atom stereocenters. The van der Waals surface area contributed by atoms with E-state index in [-0.39, 0.29) is 6.04 Å². The number of imidazole rings is 1. The van der Waals surface area contributed by atoms with Gasteiger partial charge in [0.2, 0.25) is 5.95 Å². The van der Waals surface area contributed by atoms with Gasteiger partial charge in [-0.05, 0) is 57.2 Å². The Balaban J connectivity index is 1.60. The van der Waals surface area contributed by atoms with Crippen LogP contribution in [0.25, 0.3) is 11.2 Å². The average molecular weight is 440 g/mol. The second-order valence-corrected chi connectivity index (χ2v) is 8.61. The van der Waals surface area contributed by atoms with Crippen molar-refractivity contribution in [3.63, 3.8) is 0 Å². The maximum absolute atomic E-state index is 6.06. The fraction of sp³-hybridized carbons (Fsp3) is 0.522. The Morgan fingerprint density at radius 1 is 1.09 bits per heavy atom. The monoisotopic (exact) mass is 439 g/mol. The number of hydrogen-bond donors (Lipinski definition) is 3. The summed E-state index contributed by atoms with van der Waals surface area (Å²) in [5, 5.41) is 6.97. The van der Waals surface area contributed by atoms with Gasteiger partial charge in [-0.2, -0.15) is 9.97 Å². The van der Waals surface area contributed by atoms with Gasteiger partial charge in [0, 0.05) is 24.7 Å². The van der Waals surface area contributed by atoms with Crippen LogP contribution in [0.15, 0.2) is 24.5 Å². The fourth-order valence-corrected chi connectivity index (χ4v) is 4.10. The molecule has 4 N–H and O–H groups in total. The second kappa shape index (κ2) is 9.60. The van der Waals surface area contributed by atoms with E-state index in [0.29, 0.717) is 41.9 Å². The first-order chi connectivity index (χ1) is 15.5. The molecule has 1 aliphatic carbocycles. The molecule has 0 amide bonds. The summed E-state index contributed by atoms with van der Waals surface area (Å²) < 4.78 is 12.8. The van der Waals surface area contributed by atoms with Crippen molar-refractivity contribution in [2.45, 2.75) is 64.2 Å². The highest BCUT2D eigenvalue weighted by Crippen LogP contribution is 2.29. The van der Waals surface area contributed by atoms with Crippen LogP contribution in [0.4, 0.5) is 11.8 Å². The first-order valence-electron chi connectivity index (χ1n) is 11.2.